The van der Waals surface area contributed by atoms with Crippen molar-refractivity contribution in [3.63, 3.8) is 0 Å². The van der Waals surface area contributed by atoms with Gasteiger partial charge in [0.1, 0.15) is 0 Å². The van der Waals surface area contributed by atoms with Crippen molar-refractivity contribution in [3.05, 3.63) is 65.2 Å². The third kappa shape index (κ3) is 5.67. The van der Waals surface area contributed by atoms with Crippen LogP contribution < -0.4 is 5.32 Å². The fourth-order valence-electron chi connectivity index (χ4n) is 3.62. The molecule has 0 spiro atoms. The van der Waals surface area contributed by atoms with Crippen LogP contribution >= 0.6 is 0 Å². The molecule has 1 aliphatic rings. The molecule has 0 aliphatic carbocycles. The molecule has 1 heterocycles. The zero-order chi connectivity index (χ0) is 20.9. The molecule has 3 rings (SSSR count). The number of carbonyl (C=O) groups is 1. The molecule has 1 amide bonds. The van der Waals surface area contributed by atoms with E-state index >= 15 is 0 Å². The first-order chi connectivity index (χ1) is 13.9. The minimum atomic E-state index is -3.48. The summed E-state index contributed by atoms with van der Waals surface area (Å²) in [5.41, 5.74) is 3.55. The predicted octanol–water partition coefficient (Wildman–Crippen LogP) is 3.45. The number of amides is 1. The van der Waals surface area contributed by atoms with Crippen molar-refractivity contribution >= 4 is 15.9 Å². The van der Waals surface area contributed by atoms with E-state index in [4.69, 9.17) is 0 Å². The van der Waals surface area contributed by atoms with Gasteiger partial charge >= 0.3 is 0 Å². The Labute approximate surface area is 174 Å². The van der Waals surface area contributed by atoms with Gasteiger partial charge in [0.15, 0.2) is 0 Å². The van der Waals surface area contributed by atoms with Crippen LogP contribution in [0.3, 0.4) is 0 Å². The Bertz CT molecular complexity index is 914. The third-order valence-corrected chi connectivity index (χ3v) is 7.46. The summed E-state index contributed by atoms with van der Waals surface area (Å²) < 4.78 is 27.0. The molecule has 1 fully saturated rings. The highest BCUT2D eigenvalue weighted by Gasteiger charge is 2.31. The average molecular weight is 415 g/mol. The van der Waals surface area contributed by atoms with E-state index in [0.717, 1.165) is 18.4 Å². The first-order valence-corrected chi connectivity index (χ1v) is 11.7. The van der Waals surface area contributed by atoms with E-state index < -0.39 is 10.0 Å². The highest BCUT2D eigenvalue weighted by Crippen LogP contribution is 2.24. The minimum Gasteiger partial charge on any atom is -0.356 e. The number of nitrogens with one attached hydrogen (secondary N) is 1. The van der Waals surface area contributed by atoms with E-state index in [1.165, 1.54) is 15.4 Å². The van der Waals surface area contributed by atoms with Crippen LogP contribution in [0.15, 0.2) is 53.4 Å². The maximum atomic E-state index is 12.8. The Morgan fingerprint density at radius 1 is 0.966 bits per heavy atom. The number of benzene rings is 2. The summed E-state index contributed by atoms with van der Waals surface area (Å²) in [5, 5.41) is 3.02. The molecular formula is C23H30N2O3S. The Balaban J connectivity index is 1.43. The Morgan fingerprint density at radius 2 is 1.52 bits per heavy atom. The van der Waals surface area contributed by atoms with E-state index in [1.54, 1.807) is 12.1 Å². The Kier molecular flexibility index (Phi) is 7.09. The van der Waals surface area contributed by atoms with Crippen molar-refractivity contribution in [3.8, 4) is 0 Å². The van der Waals surface area contributed by atoms with Gasteiger partial charge in [0.25, 0.3) is 0 Å². The molecule has 0 saturated carbocycles. The number of carbonyl (C=O) groups excluding carboxylic acids is 1. The SMILES string of the molecule is Cc1ccc(CCCNC(=O)C2CCN(S(=O)(=O)c3ccc(C)cc3)CC2)cc1. The molecule has 1 N–H and O–H groups in total. The van der Waals surface area contributed by atoms with Gasteiger partial charge in [-0.2, -0.15) is 4.31 Å². The molecular weight excluding hydrogens is 384 g/mol. The maximum absolute atomic E-state index is 12.8. The maximum Gasteiger partial charge on any atom is 0.243 e. The molecule has 5 nitrogen and oxygen atoms in total. The van der Waals surface area contributed by atoms with Gasteiger partial charge in [0, 0.05) is 25.6 Å². The summed E-state index contributed by atoms with van der Waals surface area (Å²) in [4.78, 5) is 12.8. The van der Waals surface area contributed by atoms with E-state index in [9.17, 15) is 13.2 Å². The molecule has 1 saturated heterocycles. The fourth-order valence-corrected chi connectivity index (χ4v) is 5.09. The summed E-state index contributed by atoms with van der Waals surface area (Å²) in [5.74, 6) is -0.0693. The van der Waals surface area contributed by atoms with Crippen LogP contribution in [-0.4, -0.2) is 38.3 Å². The third-order valence-electron chi connectivity index (χ3n) is 5.55. The highest BCUT2D eigenvalue weighted by atomic mass is 32.2. The molecule has 0 radical (unpaired) electrons. The van der Waals surface area contributed by atoms with Gasteiger partial charge in [-0.05, 0) is 57.2 Å². The van der Waals surface area contributed by atoms with Gasteiger partial charge in [0.05, 0.1) is 4.90 Å². The summed E-state index contributed by atoms with van der Waals surface area (Å²) in [6.45, 7) is 5.42. The largest absolute Gasteiger partial charge is 0.356 e. The second-order valence-corrected chi connectivity index (χ2v) is 9.81. The first-order valence-electron chi connectivity index (χ1n) is 10.3. The topological polar surface area (TPSA) is 66.5 Å². The minimum absolute atomic E-state index is 0.0429. The second-order valence-electron chi connectivity index (χ2n) is 7.87. The molecule has 29 heavy (non-hydrogen) atoms. The van der Waals surface area contributed by atoms with Gasteiger partial charge in [-0.3, -0.25) is 4.79 Å². The number of hydrogen-bond acceptors (Lipinski definition) is 3. The lowest BCUT2D eigenvalue weighted by molar-refractivity contribution is -0.126. The Hall–Kier alpha value is -2.18. The molecule has 2 aromatic carbocycles. The first kappa shape index (κ1) is 21.5. The van der Waals surface area contributed by atoms with Crippen molar-refractivity contribution in [2.24, 2.45) is 5.92 Å². The van der Waals surface area contributed by atoms with Crippen molar-refractivity contribution in [1.29, 1.82) is 0 Å². The zero-order valence-corrected chi connectivity index (χ0v) is 18.0. The monoisotopic (exact) mass is 414 g/mol. The lowest BCUT2D eigenvalue weighted by atomic mass is 9.97. The standard InChI is InChI=1S/C23H30N2O3S/c1-18-5-9-20(10-6-18)4-3-15-24-23(26)21-13-16-25(17-14-21)29(27,28)22-11-7-19(2)8-12-22/h5-12,21H,3-4,13-17H2,1-2H3,(H,24,26). The van der Waals surface area contributed by atoms with Gasteiger partial charge in [-0.1, -0.05) is 47.5 Å². The van der Waals surface area contributed by atoms with Crippen molar-refractivity contribution in [2.45, 2.75) is 44.4 Å². The number of nitrogens with zero attached hydrogens (tertiary/aromatic N) is 1. The van der Waals surface area contributed by atoms with Crippen molar-refractivity contribution < 1.29 is 13.2 Å². The van der Waals surface area contributed by atoms with E-state index in [2.05, 4.69) is 36.5 Å². The number of piperidine rings is 1. The van der Waals surface area contributed by atoms with Crippen LogP contribution in [0.25, 0.3) is 0 Å². The molecule has 156 valence electrons. The lowest BCUT2D eigenvalue weighted by Gasteiger charge is -2.30. The van der Waals surface area contributed by atoms with Crippen LogP contribution in [-0.2, 0) is 21.2 Å². The van der Waals surface area contributed by atoms with E-state index in [1.807, 2.05) is 19.1 Å². The summed E-state index contributed by atoms with van der Waals surface area (Å²) in [6.07, 6.45) is 2.97. The molecule has 0 atom stereocenters. The smallest absolute Gasteiger partial charge is 0.243 e. The number of sulfonamides is 1. The molecule has 0 unspecified atom stereocenters. The van der Waals surface area contributed by atoms with Crippen LogP contribution in [0, 0.1) is 19.8 Å². The molecule has 6 heteroatoms. The lowest BCUT2D eigenvalue weighted by Crippen LogP contribution is -2.43. The zero-order valence-electron chi connectivity index (χ0n) is 17.2. The van der Waals surface area contributed by atoms with E-state index in [0.29, 0.717) is 37.4 Å². The number of rotatable bonds is 7. The van der Waals surface area contributed by atoms with Crippen LogP contribution in [0.4, 0.5) is 0 Å². The van der Waals surface area contributed by atoms with Crippen LogP contribution in [0.1, 0.15) is 36.0 Å². The summed E-state index contributed by atoms with van der Waals surface area (Å²) >= 11 is 0. The summed E-state index contributed by atoms with van der Waals surface area (Å²) in [7, 11) is -3.48. The molecule has 1 aliphatic heterocycles. The summed E-state index contributed by atoms with van der Waals surface area (Å²) in [6, 6.07) is 15.4. The molecule has 2 aromatic rings. The van der Waals surface area contributed by atoms with Gasteiger partial charge in [-0.25, -0.2) is 8.42 Å². The van der Waals surface area contributed by atoms with E-state index in [-0.39, 0.29) is 11.8 Å². The van der Waals surface area contributed by atoms with Gasteiger partial charge < -0.3 is 5.32 Å². The second kappa shape index (κ2) is 9.55. The number of aryl methyl sites for hydroxylation is 3. The number of hydrogen-bond donors (Lipinski definition) is 1. The molecule has 0 bridgehead atoms. The molecule has 0 aromatic heterocycles. The van der Waals surface area contributed by atoms with Crippen molar-refractivity contribution in [1.82, 2.24) is 9.62 Å². The highest BCUT2D eigenvalue weighted by molar-refractivity contribution is 7.89. The van der Waals surface area contributed by atoms with Gasteiger partial charge in [-0.15, -0.1) is 0 Å². The quantitative estimate of drug-likeness (QED) is 0.706. The van der Waals surface area contributed by atoms with Crippen LogP contribution in [0.2, 0.25) is 0 Å². The fraction of sp³-hybridized carbons (Fsp3) is 0.435. The van der Waals surface area contributed by atoms with Crippen LogP contribution in [0.5, 0.6) is 0 Å². The van der Waals surface area contributed by atoms with Gasteiger partial charge in [0.2, 0.25) is 15.9 Å². The van der Waals surface area contributed by atoms with Crippen molar-refractivity contribution in [2.75, 3.05) is 19.6 Å². The average Bonchev–Trinajstić information content (AvgIpc) is 2.73. The Morgan fingerprint density at radius 3 is 2.10 bits per heavy atom. The predicted molar refractivity (Wildman–Crippen MR) is 115 cm³/mol. The normalized spacial score (nSPS) is 15.9.